The van der Waals surface area contributed by atoms with Gasteiger partial charge in [-0.2, -0.15) is 0 Å². The van der Waals surface area contributed by atoms with Crippen molar-refractivity contribution >= 4 is 17.2 Å². The zero-order chi connectivity index (χ0) is 17.1. The van der Waals surface area contributed by atoms with E-state index in [1.54, 1.807) is 6.08 Å². The van der Waals surface area contributed by atoms with Crippen LogP contribution in [0.25, 0.3) is 5.76 Å². The molecule has 126 valence electrons. The van der Waals surface area contributed by atoms with Crippen LogP contribution in [0, 0.1) is 34.6 Å². The van der Waals surface area contributed by atoms with Gasteiger partial charge < -0.3 is 5.11 Å². The summed E-state index contributed by atoms with van der Waals surface area (Å²) in [5.41, 5.74) is 8.31. The average molecular weight is 359 g/mol. The molecule has 0 fully saturated rings. The number of nitrogens with zero attached hydrogens (tertiary/aromatic N) is 1. The zero-order valence-electron chi connectivity index (χ0n) is 15.3. The summed E-state index contributed by atoms with van der Waals surface area (Å²) in [5, 5.41) is 10.5. The summed E-state index contributed by atoms with van der Waals surface area (Å²) in [6.45, 7) is 12.1. The van der Waals surface area contributed by atoms with E-state index in [-0.39, 0.29) is 23.1 Å². The van der Waals surface area contributed by atoms with Gasteiger partial charge >= 0.3 is 0 Å². The fraction of sp³-hybridized carbons (Fsp3) is 0.286. The minimum atomic E-state index is 0. The first-order valence-electron chi connectivity index (χ1n) is 7.90. The van der Waals surface area contributed by atoms with E-state index in [9.17, 15) is 5.11 Å². The van der Waals surface area contributed by atoms with E-state index < -0.39 is 0 Å². The van der Waals surface area contributed by atoms with E-state index in [1.807, 2.05) is 26.8 Å². The molecule has 0 aliphatic carbocycles. The molecule has 2 rings (SSSR count). The number of aliphatic imine (C=N–C) groups is 1. The van der Waals surface area contributed by atoms with Crippen LogP contribution in [0.3, 0.4) is 0 Å². The predicted molar refractivity (Wildman–Crippen MR) is 99.9 cm³/mol. The number of benzene rings is 2. The zero-order valence-corrected chi connectivity index (χ0v) is 16.5. The van der Waals surface area contributed by atoms with E-state index in [0.29, 0.717) is 0 Å². The second kappa shape index (κ2) is 8.33. The number of hydrogen-bond donors (Lipinski definition) is 1. The molecular formula is C21H25CrNO. The van der Waals surface area contributed by atoms with Crippen LogP contribution in [0.4, 0.5) is 5.69 Å². The molecular weight excluding hydrogens is 334 g/mol. The van der Waals surface area contributed by atoms with Crippen molar-refractivity contribution in [3.63, 3.8) is 0 Å². The van der Waals surface area contributed by atoms with Gasteiger partial charge in [0.15, 0.2) is 0 Å². The van der Waals surface area contributed by atoms with Gasteiger partial charge in [-0.15, -0.1) is 0 Å². The predicted octanol–water partition coefficient (Wildman–Crippen LogP) is 5.92. The van der Waals surface area contributed by atoms with Crippen molar-refractivity contribution in [1.29, 1.82) is 0 Å². The van der Waals surface area contributed by atoms with Gasteiger partial charge in [-0.1, -0.05) is 35.9 Å². The third kappa shape index (κ3) is 4.60. The number of para-hydroxylation sites is 1. The summed E-state index contributed by atoms with van der Waals surface area (Å²) in [4.78, 5) is 4.68. The second-order valence-corrected chi connectivity index (χ2v) is 6.30. The molecule has 0 heterocycles. The molecule has 2 aromatic carbocycles. The molecule has 0 amide bonds. The Morgan fingerprint density at radius 2 is 1.42 bits per heavy atom. The van der Waals surface area contributed by atoms with Gasteiger partial charge in [-0.3, -0.25) is 4.99 Å². The molecule has 0 unspecified atom stereocenters. The normalized spacial score (nSPS) is 12.1. The number of hydrogen-bond acceptors (Lipinski definition) is 2. The minimum Gasteiger partial charge on any atom is -0.507 e. The van der Waals surface area contributed by atoms with Gasteiger partial charge in [0.05, 0.1) is 5.69 Å². The summed E-state index contributed by atoms with van der Waals surface area (Å²) in [5.74, 6) is 0.271. The molecule has 24 heavy (non-hydrogen) atoms. The Hall–Kier alpha value is -1.82. The summed E-state index contributed by atoms with van der Waals surface area (Å²) < 4.78 is 0. The van der Waals surface area contributed by atoms with Crippen LogP contribution in [0.1, 0.15) is 40.3 Å². The van der Waals surface area contributed by atoms with Crippen LogP contribution in [0.15, 0.2) is 41.4 Å². The average Bonchev–Trinajstić information content (AvgIpc) is 2.41. The van der Waals surface area contributed by atoms with Crippen molar-refractivity contribution in [2.45, 2.75) is 41.5 Å². The number of rotatable bonds is 3. The second-order valence-electron chi connectivity index (χ2n) is 6.30. The summed E-state index contributed by atoms with van der Waals surface area (Å²) >= 11 is 0. The first-order valence-corrected chi connectivity index (χ1v) is 7.90. The van der Waals surface area contributed by atoms with Crippen molar-refractivity contribution in [2.75, 3.05) is 0 Å². The minimum absolute atomic E-state index is 0. The third-order valence-electron chi connectivity index (χ3n) is 4.01. The van der Waals surface area contributed by atoms with Crippen LogP contribution in [0.5, 0.6) is 0 Å². The Balaban J connectivity index is 0.00000288. The van der Waals surface area contributed by atoms with Crippen LogP contribution in [0.2, 0.25) is 0 Å². The molecule has 0 spiro atoms. The van der Waals surface area contributed by atoms with Crippen LogP contribution in [-0.2, 0) is 17.4 Å². The summed E-state index contributed by atoms with van der Waals surface area (Å²) in [6, 6.07) is 10.3. The van der Waals surface area contributed by atoms with Gasteiger partial charge in [0, 0.05) is 34.7 Å². The molecule has 3 heteroatoms. The molecule has 0 saturated carbocycles. The topological polar surface area (TPSA) is 32.6 Å². The quantitative estimate of drug-likeness (QED) is 0.536. The molecule has 0 saturated heterocycles. The van der Waals surface area contributed by atoms with E-state index in [2.05, 4.69) is 50.0 Å². The first kappa shape index (κ1) is 20.2. The maximum atomic E-state index is 10.5. The molecule has 0 radical (unpaired) electrons. The SMILES string of the molecule is CC(/C=C(\O)c1c(C)cc(C)cc1C)=Nc1c(C)cccc1C.[Cr]. The fourth-order valence-electron chi connectivity index (χ4n) is 3.04. The number of aliphatic hydroxyl groups excluding tert-OH is 1. The monoisotopic (exact) mass is 359 g/mol. The van der Waals surface area contributed by atoms with E-state index >= 15 is 0 Å². The van der Waals surface area contributed by atoms with Crippen LogP contribution in [-0.4, -0.2) is 10.8 Å². The standard InChI is InChI=1S/C21H25NO.Cr/c1-13-10-16(4)20(17(5)11-13)19(23)12-18(6)22-21-14(2)8-7-9-15(21)3;/h7-12,23H,1-6H3;/b19-12-,22-18?;. The number of aryl methyl sites for hydroxylation is 5. The maximum Gasteiger partial charge on any atom is 0.125 e. The Morgan fingerprint density at radius 1 is 0.917 bits per heavy atom. The maximum absolute atomic E-state index is 10.5. The van der Waals surface area contributed by atoms with Crippen molar-refractivity contribution < 1.29 is 22.5 Å². The van der Waals surface area contributed by atoms with E-state index in [4.69, 9.17) is 0 Å². The molecule has 0 atom stereocenters. The van der Waals surface area contributed by atoms with Gasteiger partial charge in [0.25, 0.3) is 0 Å². The van der Waals surface area contributed by atoms with Gasteiger partial charge in [-0.25, -0.2) is 0 Å². The summed E-state index contributed by atoms with van der Waals surface area (Å²) in [7, 11) is 0. The van der Waals surface area contributed by atoms with Crippen molar-refractivity contribution in [2.24, 2.45) is 4.99 Å². The number of allylic oxidation sites excluding steroid dienone is 1. The first-order chi connectivity index (χ1) is 10.8. The van der Waals surface area contributed by atoms with Gasteiger partial charge in [0.1, 0.15) is 5.76 Å². The largest absolute Gasteiger partial charge is 0.507 e. The molecule has 0 aliphatic heterocycles. The molecule has 1 N–H and O–H groups in total. The molecule has 2 nitrogen and oxygen atoms in total. The smallest absolute Gasteiger partial charge is 0.125 e. The van der Waals surface area contributed by atoms with Gasteiger partial charge in [-0.05, 0) is 63.8 Å². The molecule has 0 aliphatic rings. The number of aliphatic hydroxyl groups is 1. The Kier molecular flexibility index (Phi) is 7.02. The molecule has 2 aromatic rings. The van der Waals surface area contributed by atoms with Crippen molar-refractivity contribution in [1.82, 2.24) is 0 Å². The molecule has 0 bridgehead atoms. The van der Waals surface area contributed by atoms with Gasteiger partial charge in [0.2, 0.25) is 0 Å². The van der Waals surface area contributed by atoms with E-state index in [1.165, 1.54) is 5.56 Å². The van der Waals surface area contributed by atoms with Crippen LogP contribution < -0.4 is 0 Å². The van der Waals surface area contributed by atoms with Crippen LogP contribution >= 0.6 is 0 Å². The van der Waals surface area contributed by atoms with E-state index in [0.717, 1.165) is 39.2 Å². The molecule has 0 aromatic heterocycles. The Labute approximate surface area is 156 Å². The third-order valence-corrected chi connectivity index (χ3v) is 4.01. The van der Waals surface area contributed by atoms with Crippen molar-refractivity contribution in [3.8, 4) is 0 Å². The Morgan fingerprint density at radius 3 is 1.92 bits per heavy atom. The fourth-order valence-corrected chi connectivity index (χ4v) is 3.04. The Bertz CT molecular complexity index is 760. The van der Waals surface area contributed by atoms with Crippen molar-refractivity contribution in [3.05, 3.63) is 69.8 Å². The summed E-state index contributed by atoms with van der Waals surface area (Å²) in [6.07, 6.45) is 1.75.